The topological polar surface area (TPSA) is 91.8 Å². The predicted molar refractivity (Wildman–Crippen MR) is 135 cm³/mol. The second-order valence-corrected chi connectivity index (χ2v) is 11.5. The van der Waals surface area contributed by atoms with Gasteiger partial charge in [0, 0.05) is 22.9 Å². The molecule has 1 fully saturated rings. The number of H-pyrrole nitrogens is 1. The number of hydrogen-bond donors (Lipinski definition) is 1. The fraction of sp³-hybridized carbons (Fsp3) is 0.348. The lowest BCUT2D eigenvalue weighted by Crippen LogP contribution is -2.32. The summed E-state index contributed by atoms with van der Waals surface area (Å²) in [6, 6.07) is 8.47. The molecule has 1 aliphatic carbocycles. The number of thiophene rings is 1. The monoisotopic (exact) mass is 497 g/mol. The number of thioether (sulfide) groups is 1. The number of fused-ring (bicyclic) bond motifs is 1. The number of carbonyl (C=O) groups is 1. The average Bonchev–Trinajstić information content (AvgIpc) is 3.41. The Morgan fingerprint density at radius 1 is 1.18 bits per heavy atom. The first-order valence-electron chi connectivity index (χ1n) is 10.8. The van der Waals surface area contributed by atoms with E-state index in [4.69, 9.17) is 4.98 Å². The molecule has 10 heteroatoms. The van der Waals surface area contributed by atoms with E-state index < -0.39 is 0 Å². The summed E-state index contributed by atoms with van der Waals surface area (Å²) in [5.74, 6) is 1.16. The lowest BCUT2D eigenvalue weighted by atomic mass is 10.0. The molecule has 3 heterocycles. The van der Waals surface area contributed by atoms with Gasteiger partial charge in [0.1, 0.15) is 10.7 Å². The molecule has 0 radical (unpaired) electrons. The molecule has 7 nitrogen and oxygen atoms in total. The third-order valence-electron chi connectivity index (χ3n) is 5.54. The number of aromatic nitrogens is 4. The highest BCUT2D eigenvalue weighted by molar-refractivity contribution is 8.00. The van der Waals surface area contributed by atoms with Gasteiger partial charge in [0.15, 0.2) is 4.34 Å². The van der Waals surface area contributed by atoms with Crippen molar-refractivity contribution in [2.45, 2.75) is 56.2 Å². The van der Waals surface area contributed by atoms with Crippen LogP contribution < -0.4 is 10.5 Å². The van der Waals surface area contributed by atoms with Gasteiger partial charge in [0.2, 0.25) is 11.0 Å². The smallest absolute Gasteiger partial charge is 0.260 e. The van der Waals surface area contributed by atoms with Crippen molar-refractivity contribution in [3.63, 3.8) is 0 Å². The number of carbonyl (C=O) groups excluding carboxylic acids is 1. The van der Waals surface area contributed by atoms with Crippen LogP contribution in [-0.4, -0.2) is 32.1 Å². The summed E-state index contributed by atoms with van der Waals surface area (Å²) in [4.78, 5) is 36.6. The fourth-order valence-electron chi connectivity index (χ4n) is 3.76. The highest BCUT2D eigenvalue weighted by atomic mass is 32.2. The molecule has 5 rings (SSSR count). The zero-order valence-corrected chi connectivity index (χ0v) is 21.0. The number of amides is 1. The molecule has 1 saturated carbocycles. The summed E-state index contributed by atoms with van der Waals surface area (Å²) in [6.45, 7) is 5.94. The molecule has 0 saturated heterocycles. The van der Waals surface area contributed by atoms with Crippen molar-refractivity contribution in [3.8, 4) is 11.1 Å². The largest absolute Gasteiger partial charge is 0.309 e. The number of hydrogen-bond acceptors (Lipinski definition) is 8. The van der Waals surface area contributed by atoms with Crippen LogP contribution in [0.3, 0.4) is 0 Å². The van der Waals surface area contributed by atoms with E-state index >= 15 is 0 Å². The van der Waals surface area contributed by atoms with Gasteiger partial charge >= 0.3 is 0 Å². The molecule has 1 amide bonds. The molecule has 170 valence electrons. The van der Waals surface area contributed by atoms with Gasteiger partial charge in [-0.05, 0) is 32.3 Å². The normalized spacial score (nSPS) is 13.5. The van der Waals surface area contributed by atoms with Crippen LogP contribution >= 0.6 is 34.4 Å². The number of nitrogens with zero attached hydrogens (tertiary/aromatic N) is 4. The SMILES string of the molecule is CCC(=O)N(c1nnc(SCc2nc3sc(C)c(-c4ccc(C)cc4)c3c(=O)[nH]2)s1)C1CC1. The average molecular weight is 498 g/mol. The maximum Gasteiger partial charge on any atom is 0.260 e. The van der Waals surface area contributed by atoms with Crippen LogP contribution in [0.15, 0.2) is 33.4 Å². The predicted octanol–water partition coefficient (Wildman–Crippen LogP) is 5.32. The molecule has 33 heavy (non-hydrogen) atoms. The Morgan fingerprint density at radius 3 is 2.64 bits per heavy atom. The minimum absolute atomic E-state index is 0.0825. The highest BCUT2D eigenvalue weighted by Gasteiger charge is 2.35. The first-order chi connectivity index (χ1) is 15.9. The molecular weight excluding hydrogens is 474 g/mol. The minimum atomic E-state index is -0.123. The quantitative estimate of drug-likeness (QED) is 0.275. The Kier molecular flexibility index (Phi) is 6.07. The summed E-state index contributed by atoms with van der Waals surface area (Å²) >= 11 is 4.42. The molecular formula is C23H23N5O2S3. The van der Waals surface area contributed by atoms with Gasteiger partial charge in [0.25, 0.3) is 5.56 Å². The van der Waals surface area contributed by atoms with E-state index in [2.05, 4.69) is 27.3 Å². The molecule has 1 N–H and O–H groups in total. The minimum Gasteiger partial charge on any atom is -0.309 e. The molecule has 0 atom stereocenters. The van der Waals surface area contributed by atoms with Crippen LogP contribution in [0.4, 0.5) is 5.13 Å². The van der Waals surface area contributed by atoms with Crippen molar-refractivity contribution in [3.05, 3.63) is 50.9 Å². The lowest BCUT2D eigenvalue weighted by Gasteiger charge is -2.17. The van der Waals surface area contributed by atoms with Gasteiger partial charge in [-0.1, -0.05) is 59.9 Å². The second-order valence-electron chi connectivity index (χ2n) is 8.08. The van der Waals surface area contributed by atoms with Crippen LogP contribution in [0.25, 0.3) is 21.3 Å². The van der Waals surface area contributed by atoms with Gasteiger partial charge in [-0.15, -0.1) is 21.5 Å². The van der Waals surface area contributed by atoms with Crippen molar-refractivity contribution in [2.24, 2.45) is 0 Å². The Labute approximate surface area is 203 Å². The van der Waals surface area contributed by atoms with E-state index in [9.17, 15) is 9.59 Å². The number of nitrogens with one attached hydrogen (secondary N) is 1. The van der Waals surface area contributed by atoms with E-state index in [0.717, 1.165) is 38.0 Å². The summed E-state index contributed by atoms with van der Waals surface area (Å²) in [7, 11) is 0. The van der Waals surface area contributed by atoms with Crippen molar-refractivity contribution < 1.29 is 4.79 Å². The van der Waals surface area contributed by atoms with E-state index in [1.807, 2.05) is 32.9 Å². The van der Waals surface area contributed by atoms with Crippen molar-refractivity contribution in [1.29, 1.82) is 0 Å². The maximum absolute atomic E-state index is 13.0. The molecule has 0 bridgehead atoms. The maximum atomic E-state index is 13.0. The molecule has 0 unspecified atom stereocenters. The number of benzene rings is 1. The van der Waals surface area contributed by atoms with Crippen LogP contribution in [0.1, 0.15) is 42.5 Å². The van der Waals surface area contributed by atoms with Crippen molar-refractivity contribution in [2.75, 3.05) is 4.90 Å². The number of rotatable bonds is 7. The van der Waals surface area contributed by atoms with E-state index in [0.29, 0.717) is 28.5 Å². The van der Waals surface area contributed by atoms with E-state index in [1.54, 1.807) is 16.2 Å². The Bertz CT molecular complexity index is 1390. The van der Waals surface area contributed by atoms with Gasteiger partial charge in [-0.3, -0.25) is 14.5 Å². The number of anilines is 1. The number of aromatic amines is 1. The zero-order valence-electron chi connectivity index (χ0n) is 18.5. The van der Waals surface area contributed by atoms with Gasteiger partial charge < -0.3 is 4.98 Å². The van der Waals surface area contributed by atoms with Gasteiger partial charge in [-0.25, -0.2) is 4.98 Å². The Balaban J connectivity index is 1.37. The standard InChI is InChI=1S/C23H23N5O2S3/c1-4-17(29)28(15-9-10-15)22-26-27-23(33-22)31-11-16-24-20(30)19-18(13(3)32-21(19)25-16)14-7-5-12(2)6-8-14/h5-8,15H,4,9-11H2,1-3H3,(H,24,25,30). The van der Waals surface area contributed by atoms with Crippen LogP contribution in [0, 0.1) is 13.8 Å². The second kappa shape index (κ2) is 9.00. The van der Waals surface area contributed by atoms with Gasteiger partial charge in [0.05, 0.1) is 11.1 Å². The molecule has 0 spiro atoms. The Morgan fingerprint density at radius 2 is 1.94 bits per heavy atom. The fourth-order valence-corrected chi connectivity index (χ4v) is 6.62. The zero-order chi connectivity index (χ0) is 23.1. The molecule has 0 aliphatic heterocycles. The molecule has 3 aromatic heterocycles. The summed E-state index contributed by atoms with van der Waals surface area (Å²) in [5.41, 5.74) is 3.04. The first kappa shape index (κ1) is 22.2. The van der Waals surface area contributed by atoms with Crippen molar-refractivity contribution in [1.82, 2.24) is 20.2 Å². The van der Waals surface area contributed by atoms with Gasteiger partial charge in [-0.2, -0.15) is 0 Å². The van der Waals surface area contributed by atoms with Crippen LogP contribution in [0.2, 0.25) is 0 Å². The number of aryl methyl sites for hydroxylation is 2. The van der Waals surface area contributed by atoms with E-state index in [1.165, 1.54) is 28.7 Å². The van der Waals surface area contributed by atoms with Crippen LogP contribution in [0.5, 0.6) is 0 Å². The molecule has 1 aromatic carbocycles. The molecule has 4 aromatic rings. The van der Waals surface area contributed by atoms with Crippen molar-refractivity contribution >= 4 is 55.7 Å². The molecule has 1 aliphatic rings. The first-order valence-corrected chi connectivity index (χ1v) is 13.4. The summed E-state index contributed by atoms with van der Waals surface area (Å²) < 4.78 is 0.755. The van der Waals surface area contributed by atoms with E-state index in [-0.39, 0.29) is 17.5 Å². The third-order valence-corrected chi connectivity index (χ3v) is 8.61. The third kappa shape index (κ3) is 4.47. The Hall–Kier alpha value is -2.56. The summed E-state index contributed by atoms with van der Waals surface area (Å²) in [5, 5.41) is 9.79. The lowest BCUT2D eigenvalue weighted by molar-refractivity contribution is -0.118. The highest BCUT2D eigenvalue weighted by Crippen LogP contribution is 2.38. The summed E-state index contributed by atoms with van der Waals surface area (Å²) in [6.07, 6.45) is 2.49. The van der Waals surface area contributed by atoms with Crippen LogP contribution in [-0.2, 0) is 10.5 Å².